The van der Waals surface area contributed by atoms with Crippen LogP contribution in [0.3, 0.4) is 0 Å². The van der Waals surface area contributed by atoms with Crippen LogP contribution in [0, 0.1) is 5.92 Å². The fraction of sp³-hybridized carbons (Fsp3) is 0.917. The number of halogens is 4. The quantitative estimate of drug-likeness (QED) is 0.431. The van der Waals surface area contributed by atoms with Crippen LogP contribution in [0.4, 0.5) is 13.2 Å². The molecule has 1 fully saturated rings. The van der Waals surface area contributed by atoms with Crippen molar-refractivity contribution in [3.8, 4) is 0 Å². The van der Waals surface area contributed by atoms with Gasteiger partial charge in [0.1, 0.15) is 0 Å². The summed E-state index contributed by atoms with van der Waals surface area (Å²) < 4.78 is 36.8. The normalized spacial score (nSPS) is 20.9. The van der Waals surface area contributed by atoms with E-state index in [2.05, 4.69) is 4.99 Å². The molecule has 0 bridgehead atoms. The third-order valence-electron chi connectivity index (χ3n) is 3.37. The molecule has 1 aliphatic rings. The van der Waals surface area contributed by atoms with Gasteiger partial charge < -0.3 is 10.6 Å². The van der Waals surface area contributed by atoms with Crippen LogP contribution in [0.25, 0.3) is 0 Å². The van der Waals surface area contributed by atoms with Crippen LogP contribution in [-0.4, -0.2) is 61.2 Å². The van der Waals surface area contributed by atoms with E-state index in [-0.39, 0.29) is 29.9 Å². The Labute approximate surface area is 135 Å². The van der Waals surface area contributed by atoms with E-state index in [1.807, 2.05) is 18.7 Å². The Hall–Kier alpha value is -0.250. The first-order valence-corrected chi connectivity index (χ1v) is 6.69. The molecule has 1 heterocycles. The van der Waals surface area contributed by atoms with Crippen molar-refractivity contribution in [3.05, 3.63) is 0 Å². The maximum atomic E-state index is 12.3. The minimum atomic E-state index is -4.11. The van der Waals surface area contributed by atoms with Crippen LogP contribution < -0.4 is 5.73 Å². The summed E-state index contributed by atoms with van der Waals surface area (Å²) >= 11 is 0. The number of rotatable bonds is 5. The van der Waals surface area contributed by atoms with Crippen molar-refractivity contribution < 1.29 is 13.2 Å². The fourth-order valence-corrected chi connectivity index (χ4v) is 2.33. The number of alkyl halides is 3. The second kappa shape index (κ2) is 8.91. The smallest absolute Gasteiger partial charge is 0.370 e. The Morgan fingerprint density at radius 1 is 1.35 bits per heavy atom. The fourth-order valence-electron chi connectivity index (χ4n) is 2.33. The van der Waals surface area contributed by atoms with Gasteiger partial charge in [-0.3, -0.25) is 9.89 Å². The molecule has 8 heteroatoms. The van der Waals surface area contributed by atoms with Crippen LogP contribution in [0.15, 0.2) is 4.99 Å². The number of likely N-dealkylation sites (tertiary alicyclic amines) is 1. The lowest BCUT2D eigenvalue weighted by molar-refractivity contribution is -0.143. The molecule has 0 aromatic heterocycles. The Morgan fingerprint density at radius 2 is 1.95 bits per heavy atom. The first-order chi connectivity index (χ1) is 8.85. The molecule has 0 spiro atoms. The van der Waals surface area contributed by atoms with Crippen molar-refractivity contribution >= 4 is 29.9 Å². The molecular formula is C12H24F3IN4. The van der Waals surface area contributed by atoms with E-state index >= 15 is 0 Å². The van der Waals surface area contributed by atoms with Gasteiger partial charge in [0.25, 0.3) is 0 Å². The molecule has 0 aliphatic carbocycles. The standard InChI is InChI=1S/C12H23F3N4.HI/c1-3-19(4-2)11(16)17-7-10-5-6-18(8-10)9-12(13,14)15;/h10H,3-9H2,1-2H3,(H2,16,17);1H. The second-order valence-electron chi connectivity index (χ2n) is 4.88. The zero-order valence-electron chi connectivity index (χ0n) is 12.0. The van der Waals surface area contributed by atoms with Crippen LogP contribution in [-0.2, 0) is 0 Å². The van der Waals surface area contributed by atoms with Crippen molar-refractivity contribution in [1.29, 1.82) is 0 Å². The van der Waals surface area contributed by atoms with Crippen LogP contribution in [0.2, 0.25) is 0 Å². The highest BCUT2D eigenvalue weighted by Gasteiger charge is 2.34. The number of nitrogens with zero attached hydrogens (tertiary/aromatic N) is 3. The molecule has 1 atom stereocenters. The molecule has 1 aliphatic heterocycles. The SMILES string of the molecule is CCN(CC)C(N)=NCC1CCN(CC(F)(F)F)C1.I. The number of aliphatic imine (C=N–C) groups is 1. The molecule has 0 aromatic rings. The maximum absolute atomic E-state index is 12.3. The molecule has 4 nitrogen and oxygen atoms in total. The number of guanidine groups is 1. The van der Waals surface area contributed by atoms with Gasteiger partial charge in [-0.1, -0.05) is 0 Å². The van der Waals surface area contributed by atoms with E-state index in [1.54, 1.807) is 0 Å². The monoisotopic (exact) mass is 408 g/mol. The summed E-state index contributed by atoms with van der Waals surface area (Å²) in [6, 6.07) is 0. The van der Waals surface area contributed by atoms with E-state index in [1.165, 1.54) is 4.90 Å². The minimum Gasteiger partial charge on any atom is -0.370 e. The summed E-state index contributed by atoms with van der Waals surface area (Å²) in [5.74, 6) is 0.663. The summed E-state index contributed by atoms with van der Waals surface area (Å²) in [6.45, 7) is 6.20. The van der Waals surface area contributed by atoms with Crippen molar-refractivity contribution in [2.45, 2.75) is 26.4 Å². The van der Waals surface area contributed by atoms with Crippen molar-refractivity contribution in [2.75, 3.05) is 39.3 Å². The average Bonchev–Trinajstić information content (AvgIpc) is 2.73. The van der Waals surface area contributed by atoms with Crippen molar-refractivity contribution in [3.63, 3.8) is 0 Å². The molecule has 0 amide bonds. The lowest BCUT2D eigenvalue weighted by atomic mass is 10.1. The third-order valence-corrected chi connectivity index (χ3v) is 3.37. The van der Waals surface area contributed by atoms with E-state index < -0.39 is 12.7 Å². The van der Waals surface area contributed by atoms with Crippen molar-refractivity contribution in [1.82, 2.24) is 9.80 Å². The van der Waals surface area contributed by atoms with E-state index in [0.29, 0.717) is 25.6 Å². The zero-order valence-corrected chi connectivity index (χ0v) is 14.3. The lowest BCUT2D eigenvalue weighted by Gasteiger charge is -2.20. The van der Waals surface area contributed by atoms with Gasteiger partial charge in [-0.2, -0.15) is 13.2 Å². The van der Waals surface area contributed by atoms with Gasteiger partial charge in [0, 0.05) is 26.2 Å². The zero-order chi connectivity index (χ0) is 14.5. The largest absolute Gasteiger partial charge is 0.401 e. The molecule has 1 saturated heterocycles. The Morgan fingerprint density at radius 3 is 2.45 bits per heavy atom. The molecule has 0 saturated carbocycles. The highest BCUT2D eigenvalue weighted by atomic mass is 127. The van der Waals surface area contributed by atoms with E-state index in [0.717, 1.165) is 19.5 Å². The van der Waals surface area contributed by atoms with E-state index in [4.69, 9.17) is 5.73 Å². The van der Waals surface area contributed by atoms with Gasteiger partial charge in [-0.25, -0.2) is 0 Å². The number of hydrogen-bond donors (Lipinski definition) is 1. The van der Waals surface area contributed by atoms with Gasteiger partial charge in [-0.05, 0) is 32.7 Å². The molecule has 1 unspecified atom stereocenters. The third kappa shape index (κ3) is 6.96. The molecule has 20 heavy (non-hydrogen) atoms. The van der Waals surface area contributed by atoms with Gasteiger partial charge in [-0.15, -0.1) is 24.0 Å². The Bertz CT molecular complexity index is 306. The molecule has 0 aromatic carbocycles. The maximum Gasteiger partial charge on any atom is 0.401 e. The molecule has 0 radical (unpaired) electrons. The molecule has 1 rings (SSSR count). The van der Waals surface area contributed by atoms with Crippen LogP contribution >= 0.6 is 24.0 Å². The summed E-state index contributed by atoms with van der Waals surface area (Å²) in [5, 5.41) is 0. The summed E-state index contributed by atoms with van der Waals surface area (Å²) in [4.78, 5) is 7.66. The van der Waals surface area contributed by atoms with Gasteiger partial charge >= 0.3 is 6.18 Å². The Balaban J connectivity index is 0.00000361. The van der Waals surface area contributed by atoms with Crippen LogP contribution in [0.5, 0.6) is 0 Å². The summed E-state index contributed by atoms with van der Waals surface area (Å²) in [6.07, 6.45) is -3.36. The minimum absolute atomic E-state index is 0. The van der Waals surface area contributed by atoms with Crippen molar-refractivity contribution in [2.24, 2.45) is 16.6 Å². The number of nitrogens with two attached hydrogens (primary N) is 1. The number of hydrogen-bond acceptors (Lipinski definition) is 2. The summed E-state index contributed by atoms with van der Waals surface area (Å²) in [7, 11) is 0. The molecule has 120 valence electrons. The average molecular weight is 408 g/mol. The lowest BCUT2D eigenvalue weighted by Crippen LogP contribution is -2.37. The van der Waals surface area contributed by atoms with Gasteiger partial charge in [0.05, 0.1) is 6.54 Å². The van der Waals surface area contributed by atoms with Gasteiger partial charge in [0.2, 0.25) is 0 Å². The molecular weight excluding hydrogens is 384 g/mol. The first kappa shape index (κ1) is 19.8. The topological polar surface area (TPSA) is 44.9 Å². The van der Waals surface area contributed by atoms with Gasteiger partial charge in [0.15, 0.2) is 5.96 Å². The highest BCUT2D eigenvalue weighted by Crippen LogP contribution is 2.22. The summed E-state index contributed by atoms with van der Waals surface area (Å²) in [5.41, 5.74) is 5.84. The Kier molecular flexibility index (Phi) is 8.80. The first-order valence-electron chi connectivity index (χ1n) is 6.69. The van der Waals surface area contributed by atoms with E-state index in [9.17, 15) is 13.2 Å². The molecule has 2 N–H and O–H groups in total. The predicted molar refractivity (Wildman–Crippen MR) is 85.4 cm³/mol. The van der Waals surface area contributed by atoms with Crippen LogP contribution in [0.1, 0.15) is 20.3 Å². The second-order valence-corrected chi connectivity index (χ2v) is 4.88. The highest BCUT2D eigenvalue weighted by molar-refractivity contribution is 14.0. The predicted octanol–water partition coefficient (Wildman–Crippen LogP) is 2.15.